The van der Waals surface area contributed by atoms with E-state index in [1.54, 1.807) is 22.8 Å². The van der Waals surface area contributed by atoms with Crippen LogP contribution in [-0.2, 0) is 11.2 Å². The zero-order valence-electron chi connectivity index (χ0n) is 17.4. The number of hydrogen-bond donors (Lipinski definition) is 2. The molecule has 2 aromatic carbocycles. The second-order valence-corrected chi connectivity index (χ2v) is 9.01. The third kappa shape index (κ3) is 3.41. The highest BCUT2D eigenvalue weighted by atomic mass is 35.5. The lowest BCUT2D eigenvalue weighted by Gasteiger charge is -2.33. The van der Waals surface area contributed by atoms with Crippen molar-refractivity contribution in [2.24, 2.45) is 5.92 Å². The quantitative estimate of drug-likeness (QED) is 0.495. The van der Waals surface area contributed by atoms with Gasteiger partial charge in [-0.1, -0.05) is 43.6 Å². The molecule has 6 nitrogen and oxygen atoms in total. The summed E-state index contributed by atoms with van der Waals surface area (Å²) in [7, 11) is 0. The Labute approximate surface area is 184 Å². The number of rotatable bonds is 4. The third-order valence-electron chi connectivity index (χ3n) is 5.93. The Kier molecular flexibility index (Phi) is 4.82. The monoisotopic (exact) mass is 434 g/mol. The van der Waals surface area contributed by atoms with Crippen molar-refractivity contribution in [1.82, 2.24) is 19.9 Å². The highest BCUT2D eigenvalue weighted by Gasteiger charge is 2.36. The fourth-order valence-corrected chi connectivity index (χ4v) is 4.69. The molecule has 1 aliphatic rings. The first-order valence-electron chi connectivity index (χ1n) is 10.5. The van der Waals surface area contributed by atoms with E-state index >= 15 is 0 Å². The number of nitrogens with one attached hydrogen (secondary N) is 2. The van der Waals surface area contributed by atoms with E-state index in [0.717, 1.165) is 16.5 Å². The largest absolute Gasteiger partial charge is 0.361 e. The molecule has 0 spiro atoms. The van der Waals surface area contributed by atoms with Crippen molar-refractivity contribution in [3.63, 3.8) is 0 Å². The van der Waals surface area contributed by atoms with E-state index in [1.165, 1.54) is 0 Å². The van der Waals surface area contributed by atoms with Gasteiger partial charge < -0.3 is 10.3 Å². The standard InChI is InChI=1S/C24H23ClN4O2/c1-13(2)9-20-22-27-19-8-7-15(25)11-17(19)24(31)29(22)21(23(30)28-20)10-14-12-26-18-6-4-3-5-16(14)18/h3-8,11-13,20-21,26H,9-10H2,1-2H3,(H,28,30)/t20-,21+/m0/s1. The Bertz CT molecular complexity index is 1370. The number of hydrogen-bond acceptors (Lipinski definition) is 3. The molecule has 0 saturated heterocycles. The van der Waals surface area contributed by atoms with Gasteiger partial charge in [0.15, 0.2) is 0 Å². The summed E-state index contributed by atoms with van der Waals surface area (Å²) in [5.74, 6) is 0.786. The molecule has 4 aromatic rings. The molecule has 0 radical (unpaired) electrons. The van der Waals surface area contributed by atoms with Crippen LogP contribution in [0.15, 0.2) is 53.5 Å². The molecule has 2 aromatic heterocycles. The maximum Gasteiger partial charge on any atom is 0.262 e. The van der Waals surface area contributed by atoms with Crippen LogP contribution >= 0.6 is 11.6 Å². The van der Waals surface area contributed by atoms with E-state index in [0.29, 0.717) is 40.5 Å². The van der Waals surface area contributed by atoms with Crippen molar-refractivity contribution < 1.29 is 4.79 Å². The maximum absolute atomic E-state index is 13.6. The van der Waals surface area contributed by atoms with Gasteiger partial charge in [-0.25, -0.2) is 4.98 Å². The second-order valence-electron chi connectivity index (χ2n) is 8.58. The van der Waals surface area contributed by atoms with E-state index < -0.39 is 6.04 Å². The molecule has 7 heteroatoms. The number of carbonyl (C=O) groups is 1. The first-order chi connectivity index (χ1) is 14.9. The fraction of sp³-hybridized carbons (Fsp3) is 0.292. The highest BCUT2D eigenvalue weighted by molar-refractivity contribution is 6.31. The number of fused-ring (bicyclic) bond motifs is 3. The molecule has 0 fully saturated rings. The SMILES string of the molecule is CC(C)C[C@@H]1NC(=O)[C@@H](Cc2c[nH]c3ccccc23)n2c1nc1ccc(Cl)cc1c2=O. The smallest absolute Gasteiger partial charge is 0.262 e. The predicted octanol–water partition coefficient (Wildman–Crippen LogP) is 4.53. The van der Waals surface area contributed by atoms with E-state index in [4.69, 9.17) is 16.6 Å². The van der Waals surface area contributed by atoms with Crippen molar-refractivity contribution in [2.75, 3.05) is 0 Å². The first kappa shape index (κ1) is 19.8. The van der Waals surface area contributed by atoms with Crippen LogP contribution in [0.4, 0.5) is 0 Å². The predicted molar refractivity (Wildman–Crippen MR) is 122 cm³/mol. The highest BCUT2D eigenvalue weighted by Crippen LogP contribution is 2.31. The summed E-state index contributed by atoms with van der Waals surface area (Å²) in [6, 6.07) is 12.1. The van der Waals surface area contributed by atoms with Crippen LogP contribution in [0.1, 0.15) is 43.7 Å². The van der Waals surface area contributed by atoms with E-state index in [-0.39, 0.29) is 17.5 Å². The van der Waals surface area contributed by atoms with Gasteiger partial charge in [-0.05, 0) is 42.2 Å². The van der Waals surface area contributed by atoms with Gasteiger partial charge in [-0.3, -0.25) is 14.2 Å². The van der Waals surface area contributed by atoms with Crippen molar-refractivity contribution in [3.8, 4) is 0 Å². The number of para-hydroxylation sites is 1. The minimum Gasteiger partial charge on any atom is -0.361 e. The molecule has 0 unspecified atom stereocenters. The molecule has 5 rings (SSSR count). The minimum absolute atomic E-state index is 0.159. The lowest BCUT2D eigenvalue weighted by molar-refractivity contribution is -0.126. The molecule has 2 atom stereocenters. The topological polar surface area (TPSA) is 79.8 Å². The van der Waals surface area contributed by atoms with Crippen molar-refractivity contribution in [1.29, 1.82) is 0 Å². The van der Waals surface area contributed by atoms with E-state index in [2.05, 4.69) is 24.1 Å². The van der Waals surface area contributed by atoms with Gasteiger partial charge in [0.25, 0.3) is 5.56 Å². The average Bonchev–Trinajstić information content (AvgIpc) is 3.14. The Morgan fingerprint density at radius 1 is 1.13 bits per heavy atom. The Morgan fingerprint density at radius 2 is 1.94 bits per heavy atom. The molecule has 1 aliphatic heterocycles. The average molecular weight is 435 g/mol. The lowest BCUT2D eigenvalue weighted by atomic mass is 9.96. The molecular weight excluding hydrogens is 412 g/mol. The summed E-state index contributed by atoms with van der Waals surface area (Å²) in [5, 5.41) is 5.07. The van der Waals surface area contributed by atoms with Crippen LogP contribution < -0.4 is 10.9 Å². The maximum atomic E-state index is 13.6. The fourth-order valence-electron chi connectivity index (χ4n) is 4.51. The lowest BCUT2D eigenvalue weighted by Crippen LogP contribution is -2.48. The van der Waals surface area contributed by atoms with Gasteiger partial charge in [0.05, 0.1) is 16.9 Å². The normalized spacial score (nSPS) is 18.5. The Morgan fingerprint density at radius 3 is 2.74 bits per heavy atom. The molecule has 158 valence electrons. The molecule has 0 aliphatic carbocycles. The van der Waals surface area contributed by atoms with Crippen molar-refractivity contribution >= 4 is 39.3 Å². The zero-order chi connectivity index (χ0) is 21.7. The van der Waals surface area contributed by atoms with Gasteiger partial charge >= 0.3 is 0 Å². The number of aromatic amines is 1. The number of nitrogens with zero attached hydrogens (tertiary/aromatic N) is 2. The number of halogens is 1. The summed E-state index contributed by atoms with van der Waals surface area (Å²) in [6.07, 6.45) is 3.01. The molecule has 31 heavy (non-hydrogen) atoms. The van der Waals surface area contributed by atoms with Gasteiger partial charge in [0, 0.05) is 28.5 Å². The molecule has 2 N–H and O–H groups in total. The summed E-state index contributed by atoms with van der Waals surface area (Å²) >= 11 is 6.16. The van der Waals surface area contributed by atoms with Crippen LogP contribution in [0.3, 0.4) is 0 Å². The van der Waals surface area contributed by atoms with Crippen LogP contribution in [0.25, 0.3) is 21.8 Å². The first-order valence-corrected chi connectivity index (χ1v) is 10.9. The molecule has 0 saturated carbocycles. The van der Waals surface area contributed by atoms with Crippen molar-refractivity contribution in [3.05, 3.63) is 75.4 Å². The van der Waals surface area contributed by atoms with Crippen LogP contribution in [-0.4, -0.2) is 20.4 Å². The molecule has 0 bridgehead atoms. The Hall–Kier alpha value is -3.12. The number of H-pyrrole nitrogens is 1. The van der Waals surface area contributed by atoms with E-state index in [1.807, 2.05) is 30.5 Å². The van der Waals surface area contributed by atoms with Crippen molar-refractivity contribution in [2.45, 2.75) is 38.8 Å². The second kappa shape index (κ2) is 7.54. The third-order valence-corrected chi connectivity index (χ3v) is 6.16. The number of benzene rings is 2. The zero-order valence-corrected chi connectivity index (χ0v) is 18.1. The van der Waals surface area contributed by atoms with Gasteiger partial charge in [0.2, 0.25) is 5.91 Å². The van der Waals surface area contributed by atoms with E-state index in [9.17, 15) is 9.59 Å². The number of carbonyl (C=O) groups excluding carboxylic acids is 1. The number of aromatic nitrogens is 3. The minimum atomic E-state index is -0.680. The van der Waals surface area contributed by atoms with Crippen LogP contribution in [0, 0.1) is 5.92 Å². The van der Waals surface area contributed by atoms with Gasteiger partial charge in [0.1, 0.15) is 11.9 Å². The van der Waals surface area contributed by atoms with Gasteiger partial charge in [-0.15, -0.1) is 0 Å². The molecule has 3 heterocycles. The number of amides is 1. The summed E-state index contributed by atoms with van der Waals surface area (Å²) < 4.78 is 1.59. The van der Waals surface area contributed by atoms with Gasteiger partial charge in [-0.2, -0.15) is 0 Å². The van der Waals surface area contributed by atoms with Crippen LogP contribution in [0.2, 0.25) is 5.02 Å². The van der Waals surface area contributed by atoms with Crippen LogP contribution in [0.5, 0.6) is 0 Å². The summed E-state index contributed by atoms with van der Waals surface area (Å²) in [6.45, 7) is 4.18. The Balaban J connectivity index is 1.69. The summed E-state index contributed by atoms with van der Waals surface area (Å²) in [4.78, 5) is 34.9. The summed E-state index contributed by atoms with van der Waals surface area (Å²) in [5.41, 5.74) is 2.36. The molecule has 1 amide bonds. The molecular formula is C24H23ClN4O2.